The molecule has 0 N–H and O–H groups in total. The highest BCUT2D eigenvalue weighted by Crippen LogP contribution is 2.36. The largest absolute Gasteiger partial charge is 0.494 e. The molecule has 0 heterocycles. The highest BCUT2D eigenvalue weighted by atomic mass is 16.5. The van der Waals surface area contributed by atoms with Crippen LogP contribution in [0.15, 0.2) is 12.1 Å². The number of ether oxygens (including phenoxy) is 3. The molecule has 1 aromatic carbocycles. The number of rotatable bonds is 7. The Balaban J connectivity index is 3.29. The third-order valence-electron chi connectivity index (χ3n) is 2.31. The maximum absolute atomic E-state index is 11.7. The van der Waals surface area contributed by atoms with E-state index in [4.69, 9.17) is 14.2 Å². The molecule has 0 unspecified atom stereocenters. The van der Waals surface area contributed by atoms with Gasteiger partial charge in [-0.3, -0.25) is 4.79 Å². The second-order valence-corrected chi connectivity index (χ2v) is 3.65. The van der Waals surface area contributed by atoms with Gasteiger partial charge in [-0.15, -0.1) is 0 Å². The SMILES string of the molecule is CCOc1cc(OCC)c(OCC)c(C(C)=O)c1. The highest BCUT2D eigenvalue weighted by molar-refractivity contribution is 5.98. The minimum Gasteiger partial charge on any atom is -0.494 e. The molecule has 0 saturated heterocycles. The van der Waals surface area contributed by atoms with Crippen molar-refractivity contribution in [2.75, 3.05) is 19.8 Å². The molecule has 0 fully saturated rings. The first-order chi connectivity index (χ1) is 8.63. The van der Waals surface area contributed by atoms with Gasteiger partial charge in [-0.2, -0.15) is 0 Å². The van der Waals surface area contributed by atoms with E-state index in [9.17, 15) is 4.79 Å². The van der Waals surface area contributed by atoms with Crippen molar-refractivity contribution in [3.63, 3.8) is 0 Å². The van der Waals surface area contributed by atoms with Crippen LogP contribution in [0.25, 0.3) is 0 Å². The minimum absolute atomic E-state index is 0.0686. The molecular weight excluding hydrogens is 232 g/mol. The number of hydrogen-bond donors (Lipinski definition) is 0. The van der Waals surface area contributed by atoms with Crippen molar-refractivity contribution in [3.05, 3.63) is 17.7 Å². The van der Waals surface area contributed by atoms with Crippen LogP contribution >= 0.6 is 0 Å². The molecule has 0 saturated carbocycles. The van der Waals surface area contributed by atoms with Crippen molar-refractivity contribution in [1.82, 2.24) is 0 Å². The second kappa shape index (κ2) is 6.89. The number of hydrogen-bond acceptors (Lipinski definition) is 4. The van der Waals surface area contributed by atoms with Crippen molar-refractivity contribution in [2.45, 2.75) is 27.7 Å². The topological polar surface area (TPSA) is 44.8 Å². The summed E-state index contributed by atoms with van der Waals surface area (Å²) in [5.41, 5.74) is 0.492. The zero-order chi connectivity index (χ0) is 13.5. The molecule has 0 aliphatic carbocycles. The van der Waals surface area contributed by atoms with E-state index in [1.54, 1.807) is 12.1 Å². The van der Waals surface area contributed by atoms with E-state index in [0.717, 1.165) is 0 Å². The molecule has 100 valence electrons. The Hall–Kier alpha value is -1.71. The smallest absolute Gasteiger partial charge is 0.172 e. The number of carbonyl (C=O) groups is 1. The van der Waals surface area contributed by atoms with Crippen molar-refractivity contribution >= 4 is 5.78 Å². The van der Waals surface area contributed by atoms with Crippen LogP contribution < -0.4 is 14.2 Å². The predicted octanol–water partition coefficient (Wildman–Crippen LogP) is 3.09. The number of ketones is 1. The number of carbonyl (C=O) groups excluding carboxylic acids is 1. The van der Waals surface area contributed by atoms with E-state index >= 15 is 0 Å². The lowest BCUT2D eigenvalue weighted by Gasteiger charge is -2.15. The van der Waals surface area contributed by atoms with Gasteiger partial charge in [0.15, 0.2) is 17.3 Å². The molecule has 0 aromatic heterocycles. The molecule has 1 rings (SSSR count). The Bertz CT molecular complexity index is 413. The molecule has 18 heavy (non-hydrogen) atoms. The van der Waals surface area contributed by atoms with E-state index < -0.39 is 0 Å². The zero-order valence-electron chi connectivity index (χ0n) is 11.4. The van der Waals surface area contributed by atoms with Crippen molar-refractivity contribution in [3.8, 4) is 17.2 Å². The third kappa shape index (κ3) is 3.39. The van der Waals surface area contributed by atoms with Gasteiger partial charge in [0.25, 0.3) is 0 Å². The summed E-state index contributed by atoms with van der Waals surface area (Å²) in [7, 11) is 0. The van der Waals surface area contributed by atoms with Crippen LogP contribution in [0, 0.1) is 0 Å². The van der Waals surface area contributed by atoms with E-state index in [0.29, 0.717) is 42.6 Å². The molecular formula is C14H20O4. The Labute approximate surface area is 108 Å². The van der Waals surface area contributed by atoms with E-state index in [1.165, 1.54) is 6.92 Å². The quantitative estimate of drug-likeness (QED) is 0.699. The molecule has 0 amide bonds. The van der Waals surface area contributed by atoms with Crippen LogP contribution in [0.3, 0.4) is 0 Å². The lowest BCUT2D eigenvalue weighted by Crippen LogP contribution is -2.05. The average molecular weight is 252 g/mol. The number of Topliss-reactive ketones (excluding diaryl/α,β-unsaturated/α-hetero) is 1. The Morgan fingerprint density at radius 1 is 1.00 bits per heavy atom. The van der Waals surface area contributed by atoms with E-state index in [1.807, 2.05) is 20.8 Å². The van der Waals surface area contributed by atoms with Crippen LogP contribution in [0.2, 0.25) is 0 Å². The highest BCUT2D eigenvalue weighted by Gasteiger charge is 2.17. The van der Waals surface area contributed by atoms with Crippen molar-refractivity contribution in [2.24, 2.45) is 0 Å². The summed E-state index contributed by atoms with van der Waals surface area (Å²) in [5.74, 6) is 1.60. The molecule has 1 aromatic rings. The van der Waals surface area contributed by atoms with Gasteiger partial charge < -0.3 is 14.2 Å². The fourth-order valence-corrected chi connectivity index (χ4v) is 1.64. The summed E-state index contributed by atoms with van der Waals surface area (Å²) in [6.07, 6.45) is 0. The van der Waals surface area contributed by atoms with Gasteiger partial charge in [0.05, 0.1) is 25.4 Å². The number of benzene rings is 1. The fraction of sp³-hybridized carbons (Fsp3) is 0.500. The van der Waals surface area contributed by atoms with Crippen LogP contribution in [-0.2, 0) is 0 Å². The predicted molar refractivity (Wildman–Crippen MR) is 70.0 cm³/mol. The molecule has 0 aliphatic heterocycles. The van der Waals surface area contributed by atoms with Crippen LogP contribution in [0.5, 0.6) is 17.2 Å². The lowest BCUT2D eigenvalue weighted by atomic mass is 10.1. The molecule has 0 radical (unpaired) electrons. The van der Waals surface area contributed by atoms with Crippen molar-refractivity contribution in [1.29, 1.82) is 0 Å². The Morgan fingerprint density at radius 2 is 1.61 bits per heavy atom. The first kappa shape index (κ1) is 14.4. The third-order valence-corrected chi connectivity index (χ3v) is 2.31. The average Bonchev–Trinajstić information content (AvgIpc) is 2.32. The Kier molecular flexibility index (Phi) is 5.49. The Morgan fingerprint density at radius 3 is 2.11 bits per heavy atom. The standard InChI is InChI=1S/C14H20O4/c1-5-16-11-8-12(10(4)15)14(18-7-3)13(9-11)17-6-2/h8-9H,5-7H2,1-4H3. The zero-order valence-corrected chi connectivity index (χ0v) is 11.4. The van der Waals surface area contributed by atoms with Crippen molar-refractivity contribution < 1.29 is 19.0 Å². The lowest BCUT2D eigenvalue weighted by molar-refractivity contribution is 0.101. The van der Waals surface area contributed by atoms with Gasteiger partial charge in [0, 0.05) is 6.07 Å². The van der Waals surface area contributed by atoms with E-state index in [2.05, 4.69) is 0 Å². The van der Waals surface area contributed by atoms with Crippen LogP contribution in [0.4, 0.5) is 0 Å². The van der Waals surface area contributed by atoms with E-state index in [-0.39, 0.29) is 5.78 Å². The van der Waals surface area contributed by atoms with Gasteiger partial charge in [0.1, 0.15) is 5.75 Å². The molecule has 0 spiro atoms. The van der Waals surface area contributed by atoms with Crippen LogP contribution in [-0.4, -0.2) is 25.6 Å². The normalized spacial score (nSPS) is 10.0. The monoisotopic (exact) mass is 252 g/mol. The molecule has 0 bridgehead atoms. The summed E-state index contributed by atoms with van der Waals surface area (Å²) in [4.78, 5) is 11.7. The fourth-order valence-electron chi connectivity index (χ4n) is 1.64. The van der Waals surface area contributed by atoms with Gasteiger partial charge in [-0.1, -0.05) is 0 Å². The molecule has 0 atom stereocenters. The maximum atomic E-state index is 11.7. The molecule has 4 nitrogen and oxygen atoms in total. The summed E-state index contributed by atoms with van der Waals surface area (Å²) < 4.78 is 16.5. The maximum Gasteiger partial charge on any atom is 0.172 e. The first-order valence-electron chi connectivity index (χ1n) is 6.21. The van der Waals surface area contributed by atoms with Gasteiger partial charge in [0.2, 0.25) is 0 Å². The van der Waals surface area contributed by atoms with Gasteiger partial charge in [-0.25, -0.2) is 0 Å². The molecule has 0 aliphatic rings. The minimum atomic E-state index is -0.0686. The van der Waals surface area contributed by atoms with Gasteiger partial charge in [-0.05, 0) is 33.8 Å². The summed E-state index contributed by atoms with van der Waals surface area (Å²) >= 11 is 0. The second-order valence-electron chi connectivity index (χ2n) is 3.65. The van der Waals surface area contributed by atoms with Crippen LogP contribution in [0.1, 0.15) is 38.1 Å². The molecule has 4 heteroatoms. The van der Waals surface area contributed by atoms with Gasteiger partial charge >= 0.3 is 0 Å². The first-order valence-corrected chi connectivity index (χ1v) is 6.21. The summed E-state index contributed by atoms with van der Waals surface area (Å²) in [5, 5.41) is 0. The summed E-state index contributed by atoms with van der Waals surface area (Å²) in [6.45, 7) is 8.68. The summed E-state index contributed by atoms with van der Waals surface area (Å²) in [6, 6.07) is 3.45.